The highest BCUT2D eigenvalue weighted by molar-refractivity contribution is 4.59. The highest BCUT2D eigenvalue weighted by Crippen LogP contribution is 2.12. The predicted molar refractivity (Wildman–Crippen MR) is 107 cm³/mol. The number of nitrogens with zero attached hydrogens (tertiary/aromatic N) is 1. The molecule has 0 radical (unpaired) electrons. The Morgan fingerprint density at radius 2 is 0.913 bits per heavy atom. The summed E-state index contributed by atoms with van der Waals surface area (Å²) in [6, 6.07) is 0. The van der Waals surface area contributed by atoms with Crippen LogP contribution in [0.2, 0.25) is 0 Å². The van der Waals surface area contributed by atoms with Gasteiger partial charge in [-0.25, -0.2) is 0 Å². The molecule has 0 heterocycles. The minimum absolute atomic E-state index is 0.890. The fraction of sp³-hybridized carbons (Fsp3) is 1.00. The lowest BCUT2D eigenvalue weighted by Gasteiger charge is -2.22. The van der Waals surface area contributed by atoms with E-state index < -0.39 is 0 Å². The van der Waals surface area contributed by atoms with Crippen molar-refractivity contribution in [2.75, 3.05) is 19.6 Å². The van der Waals surface area contributed by atoms with Gasteiger partial charge in [-0.2, -0.15) is 0 Å². The third kappa shape index (κ3) is 18.1. The Labute approximate surface area is 148 Å². The van der Waals surface area contributed by atoms with Gasteiger partial charge in [0.2, 0.25) is 0 Å². The van der Waals surface area contributed by atoms with Crippen molar-refractivity contribution in [3.8, 4) is 0 Å². The molecule has 23 heavy (non-hydrogen) atoms. The van der Waals surface area contributed by atoms with Crippen LogP contribution in [0.25, 0.3) is 0 Å². The molecule has 0 unspecified atom stereocenters. The van der Waals surface area contributed by atoms with Crippen molar-refractivity contribution in [2.45, 2.75) is 118 Å². The van der Waals surface area contributed by atoms with E-state index in [1.165, 1.54) is 110 Å². The normalized spacial score (nSPS) is 11.7. The second kappa shape index (κ2) is 18.3. The third-order valence-corrected chi connectivity index (χ3v) is 4.91. The summed E-state index contributed by atoms with van der Waals surface area (Å²) < 4.78 is 0. The summed E-state index contributed by atoms with van der Waals surface area (Å²) in [6.07, 6.45) is 19.9. The fourth-order valence-corrected chi connectivity index (χ4v) is 3.28. The van der Waals surface area contributed by atoms with Crippen LogP contribution in [-0.4, -0.2) is 24.5 Å². The Kier molecular flexibility index (Phi) is 18.3. The van der Waals surface area contributed by atoms with Gasteiger partial charge in [0, 0.05) is 0 Å². The van der Waals surface area contributed by atoms with Crippen LogP contribution in [0.4, 0.5) is 0 Å². The first kappa shape index (κ1) is 23.0. The minimum Gasteiger partial charge on any atom is -0.303 e. The summed E-state index contributed by atoms with van der Waals surface area (Å²) in [5, 5.41) is 0. The number of hydrogen-bond donors (Lipinski definition) is 0. The van der Waals surface area contributed by atoms with Crippen molar-refractivity contribution in [3.63, 3.8) is 0 Å². The summed E-state index contributed by atoms with van der Waals surface area (Å²) in [5.74, 6) is 0.890. The van der Waals surface area contributed by atoms with Crippen molar-refractivity contribution >= 4 is 0 Å². The molecule has 0 bridgehead atoms. The lowest BCUT2D eigenvalue weighted by atomic mass is 10.0. The molecule has 0 amide bonds. The zero-order valence-electron chi connectivity index (χ0n) is 17.0. The summed E-state index contributed by atoms with van der Waals surface area (Å²) in [5.41, 5.74) is 0. The molecule has 0 saturated carbocycles. The first-order valence-electron chi connectivity index (χ1n) is 10.9. The minimum atomic E-state index is 0.890. The van der Waals surface area contributed by atoms with Crippen LogP contribution < -0.4 is 0 Å². The van der Waals surface area contributed by atoms with Gasteiger partial charge in [0.25, 0.3) is 0 Å². The Morgan fingerprint density at radius 1 is 0.522 bits per heavy atom. The van der Waals surface area contributed by atoms with Crippen molar-refractivity contribution in [2.24, 2.45) is 5.92 Å². The largest absolute Gasteiger partial charge is 0.303 e. The van der Waals surface area contributed by atoms with Gasteiger partial charge in [0.1, 0.15) is 0 Å². The lowest BCUT2D eigenvalue weighted by Crippen LogP contribution is -2.27. The molecule has 0 rings (SSSR count). The summed E-state index contributed by atoms with van der Waals surface area (Å²) in [4.78, 5) is 2.74. The standard InChI is InChI=1S/C22H47N/c1-5-7-15-19-23(20-16-8-6-2)21-17-13-11-9-10-12-14-18-22(3)4/h22H,5-21H2,1-4H3. The van der Waals surface area contributed by atoms with Crippen LogP contribution in [0.5, 0.6) is 0 Å². The van der Waals surface area contributed by atoms with Gasteiger partial charge in [0.05, 0.1) is 0 Å². The molecule has 140 valence electrons. The molecule has 1 heteroatoms. The summed E-state index contributed by atoms with van der Waals surface area (Å²) >= 11 is 0. The highest BCUT2D eigenvalue weighted by atomic mass is 15.1. The Balaban J connectivity index is 3.52. The number of rotatable bonds is 18. The molecule has 0 aromatic carbocycles. The molecule has 0 saturated heterocycles. The van der Waals surface area contributed by atoms with E-state index in [1.807, 2.05) is 0 Å². The van der Waals surface area contributed by atoms with E-state index in [1.54, 1.807) is 0 Å². The van der Waals surface area contributed by atoms with Crippen LogP contribution in [0.15, 0.2) is 0 Å². The summed E-state index contributed by atoms with van der Waals surface area (Å²) in [7, 11) is 0. The molecule has 0 aliphatic carbocycles. The second-order valence-electron chi connectivity index (χ2n) is 7.91. The zero-order valence-corrected chi connectivity index (χ0v) is 17.0. The molecule has 1 nitrogen and oxygen atoms in total. The van der Waals surface area contributed by atoms with E-state index in [2.05, 4.69) is 32.6 Å². The van der Waals surface area contributed by atoms with Crippen LogP contribution in [0.3, 0.4) is 0 Å². The van der Waals surface area contributed by atoms with Crippen molar-refractivity contribution in [1.29, 1.82) is 0 Å². The van der Waals surface area contributed by atoms with E-state index in [-0.39, 0.29) is 0 Å². The average Bonchev–Trinajstić information content (AvgIpc) is 2.52. The van der Waals surface area contributed by atoms with Crippen molar-refractivity contribution in [3.05, 3.63) is 0 Å². The van der Waals surface area contributed by atoms with Crippen LogP contribution in [0.1, 0.15) is 118 Å². The van der Waals surface area contributed by atoms with Crippen LogP contribution in [-0.2, 0) is 0 Å². The van der Waals surface area contributed by atoms with E-state index in [0.29, 0.717) is 0 Å². The Bertz CT molecular complexity index is 202. The Hall–Kier alpha value is -0.0400. The Morgan fingerprint density at radius 3 is 1.35 bits per heavy atom. The van der Waals surface area contributed by atoms with E-state index in [4.69, 9.17) is 0 Å². The third-order valence-electron chi connectivity index (χ3n) is 4.91. The van der Waals surface area contributed by atoms with Gasteiger partial charge in [-0.1, -0.05) is 98.3 Å². The maximum Gasteiger partial charge on any atom is -0.00187 e. The van der Waals surface area contributed by atoms with Gasteiger partial charge in [-0.15, -0.1) is 0 Å². The predicted octanol–water partition coefficient (Wildman–Crippen LogP) is 7.45. The molecule has 0 aromatic rings. The van der Waals surface area contributed by atoms with Crippen LogP contribution in [0, 0.1) is 5.92 Å². The van der Waals surface area contributed by atoms with Gasteiger partial charge >= 0.3 is 0 Å². The highest BCUT2D eigenvalue weighted by Gasteiger charge is 2.04. The van der Waals surface area contributed by atoms with Crippen molar-refractivity contribution < 1.29 is 0 Å². The monoisotopic (exact) mass is 325 g/mol. The maximum atomic E-state index is 2.74. The zero-order chi connectivity index (χ0) is 17.2. The molecule has 0 N–H and O–H groups in total. The quantitative estimate of drug-likeness (QED) is 0.237. The van der Waals surface area contributed by atoms with Gasteiger partial charge in [0.15, 0.2) is 0 Å². The topological polar surface area (TPSA) is 3.24 Å². The molecular formula is C22H47N. The van der Waals surface area contributed by atoms with Crippen LogP contribution >= 0.6 is 0 Å². The van der Waals surface area contributed by atoms with Gasteiger partial charge < -0.3 is 4.90 Å². The van der Waals surface area contributed by atoms with E-state index >= 15 is 0 Å². The van der Waals surface area contributed by atoms with Crippen molar-refractivity contribution in [1.82, 2.24) is 4.90 Å². The second-order valence-corrected chi connectivity index (χ2v) is 7.91. The molecular weight excluding hydrogens is 278 g/mol. The molecule has 0 aliphatic heterocycles. The molecule has 0 aliphatic rings. The first-order chi connectivity index (χ1) is 11.2. The van der Waals surface area contributed by atoms with E-state index in [0.717, 1.165) is 5.92 Å². The SMILES string of the molecule is CCCCCN(CCCCC)CCCCCCCCCC(C)C. The molecule has 0 fully saturated rings. The molecule has 0 spiro atoms. The fourth-order valence-electron chi connectivity index (χ4n) is 3.28. The van der Waals surface area contributed by atoms with Gasteiger partial charge in [-0.3, -0.25) is 0 Å². The summed E-state index contributed by atoms with van der Waals surface area (Å²) in [6.45, 7) is 13.3. The van der Waals surface area contributed by atoms with Gasteiger partial charge in [-0.05, 0) is 44.8 Å². The maximum absolute atomic E-state index is 2.74. The first-order valence-corrected chi connectivity index (χ1v) is 10.9. The average molecular weight is 326 g/mol. The number of unbranched alkanes of at least 4 members (excludes halogenated alkanes) is 10. The smallest absolute Gasteiger partial charge is 0.00187 e. The molecule has 0 atom stereocenters. The molecule has 0 aromatic heterocycles. The lowest BCUT2D eigenvalue weighted by molar-refractivity contribution is 0.255. The number of hydrogen-bond acceptors (Lipinski definition) is 1. The van der Waals surface area contributed by atoms with E-state index in [9.17, 15) is 0 Å².